The molecule has 0 radical (unpaired) electrons. The molecule has 3 N–H and O–H groups in total. The number of aryl methyl sites for hydroxylation is 1. The molecule has 1 saturated heterocycles. The maximum Gasteiger partial charge on any atom is 0.213 e. The molecule has 182 valence electrons. The molecule has 0 saturated carbocycles. The number of nitrogens with zero attached hydrogens (tertiary/aromatic N) is 6. The van der Waals surface area contributed by atoms with Crippen LogP contribution in [0.3, 0.4) is 0 Å². The van der Waals surface area contributed by atoms with Crippen molar-refractivity contribution in [1.82, 2.24) is 29.5 Å². The molecule has 4 aromatic rings. The van der Waals surface area contributed by atoms with Crippen LogP contribution in [0, 0.1) is 6.92 Å². The van der Waals surface area contributed by atoms with E-state index in [2.05, 4.69) is 30.6 Å². The van der Waals surface area contributed by atoms with Gasteiger partial charge in [0.15, 0.2) is 5.82 Å². The third kappa shape index (κ3) is 5.33. The summed E-state index contributed by atoms with van der Waals surface area (Å²) in [6.45, 7) is 5.60. The van der Waals surface area contributed by atoms with Gasteiger partial charge in [0.2, 0.25) is 11.7 Å². The van der Waals surface area contributed by atoms with Crippen molar-refractivity contribution >= 4 is 22.8 Å². The molecule has 0 unspecified atom stereocenters. The first-order valence-corrected chi connectivity index (χ1v) is 11.8. The van der Waals surface area contributed by atoms with Gasteiger partial charge in [-0.15, -0.1) is 5.10 Å². The van der Waals surface area contributed by atoms with Gasteiger partial charge in [0, 0.05) is 56.4 Å². The predicted octanol–water partition coefficient (Wildman–Crippen LogP) is 3.12. The topological polar surface area (TPSA) is 113 Å². The molecule has 1 fully saturated rings. The molecular weight excluding hydrogens is 444 g/mol. The Morgan fingerprint density at radius 1 is 1.14 bits per heavy atom. The van der Waals surface area contributed by atoms with Gasteiger partial charge in [-0.2, -0.15) is 0 Å². The number of methoxy groups -OCH3 is 1. The Balaban J connectivity index is 1.34. The Morgan fingerprint density at radius 3 is 2.83 bits per heavy atom. The molecule has 0 spiro atoms. The lowest BCUT2D eigenvalue weighted by Gasteiger charge is -2.29. The summed E-state index contributed by atoms with van der Waals surface area (Å²) in [7, 11) is 1.59. The maximum absolute atomic E-state index is 9.68. The van der Waals surface area contributed by atoms with Crippen LogP contribution >= 0.6 is 0 Å². The summed E-state index contributed by atoms with van der Waals surface area (Å²) in [6.07, 6.45) is 5.23. The number of aliphatic hydroxyl groups excluding tert-OH is 1. The second-order valence-electron chi connectivity index (χ2n) is 8.70. The van der Waals surface area contributed by atoms with E-state index in [0.29, 0.717) is 23.2 Å². The highest BCUT2D eigenvalue weighted by atomic mass is 16.5. The van der Waals surface area contributed by atoms with Crippen molar-refractivity contribution in [3.8, 4) is 17.4 Å². The van der Waals surface area contributed by atoms with Gasteiger partial charge in [-0.25, -0.2) is 19.5 Å². The van der Waals surface area contributed by atoms with Crippen LogP contribution in [0.5, 0.6) is 5.88 Å². The summed E-state index contributed by atoms with van der Waals surface area (Å²) >= 11 is 0. The zero-order valence-electron chi connectivity index (χ0n) is 20.0. The Kier molecular flexibility index (Phi) is 6.73. The van der Waals surface area contributed by atoms with E-state index < -0.39 is 0 Å². The predicted molar refractivity (Wildman–Crippen MR) is 135 cm³/mol. The number of anilines is 3. The van der Waals surface area contributed by atoms with Gasteiger partial charge >= 0.3 is 0 Å². The fourth-order valence-electron chi connectivity index (χ4n) is 4.25. The van der Waals surface area contributed by atoms with Crippen molar-refractivity contribution in [1.29, 1.82) is 0 Å². The number of nitrogens with one attached hydrogen (secondary N) is 2. The summed E-state index contributed by atoms with van der Waals surface area (Å²) in [5.41, 5.74) is 3.46. The summed E-state index contributed by atoms with van der Waals surface area (Å²) in [5.74, 6) is 2.48. The highest BCUT2D eigenvalue weighted by Gasteiger charge is 2.17. The zero-order chi connectivity index (χ0) is 24.2. The van der Waals surface area contributed by atoms with Gasteiger partial charge in [-0.05, 0) is 43.5 Å². The minimum atomic E-state index is -0.152. The molecule has 10 heteroatoms. The van der Waals surface area contributed by atoms with Crippen molar-refractivity contribution < 1.29 is 9.84 Å². The molecule has 0 aromatic carbocycles. The number of rotatable bonds is 8. The average Bonchev–Trinajstić information content (AvgIpc) is 3.26. The fourth-order valence-corrected chi connectivity index (χ4v) is 4.25. The molecule has 35 heavy (non-hydrogen) atoms. The number of hydrogen-bond acceptors (Lipinski definition) is 9. The van der Waals surface area contributed by atoms with Gasteiger partial charge in [-0.3, -0.25) is 0 Å². The monoisotopic (exact) mass is 474 g/mol. The molecule has 1 aliphatic rings. The molecule has 0 atom stereocenters. The van der Waals surface area contributed by atoms with E-state index >= 15 is 0 Å². The molecular formula is C25H30N8O2. The largest absolute Gasteiger partial charge is 0.481 e. The lowest BCUT2D eigenvalue weighted by molar-refractivity contribution is 0.0845. The van der Waals surface area contributed by atoms with E-state index in [0.717, 1.165) is 61.6 Å². The Morgan fingerprint density at radius 2 is 2.00 bits per heavy atom. The fraction of sp³-hybridized carbons (Fsp3) is 0.360. The van der Waals surface area contributed by atoms with Crippen LogP contribution in [0.2, 0.25) is 0 Å². The highest BCUT2D eigenvalue weighted by Crippen LogP contribution is 2.27. The van der Waals surface area contributed by atoms with Crippen LogP contribution in [-0.2, 0) is 0 Å². The molecule has 5 heterocycles. The lowest BCUT2D eigenvalue weighted by Crippen LogP contribution is -2.38. The van der Waals surface area contributed by atoms with Crippen LogP contribution in [-0.4, -0.2) is 74.0 Å². The van der Waals surface area contributed by atoms with Gasteiger partial charge in [0.1, 0.15) is 17.0 Å². The van der Waals surface area contributed by atoms with Crippen molar-refractivity contribution in [2.75, 3.05) is 43.9 Å². The van der Waals surface area contributed by atoms with Crippen LogP contribution < -0.4 is 15.4 Å². The summed E-state index contributed by atoms with van der Waals surface area (Å²) in [6, 6.07) is 11.4. The van der Waals surface area contributed by atoms with Gasteiger partial charge in [-0.1, -0.05) is 6.07 Å². The first-order valence-electron chi connectivity index (χ1n) is 11.8. The number of likely N-dealkylation sites (tertiary alicyclic amines) is 1. The number of piperidine rings is 1. The van der Waals surface area contributed by atoms with E-state index in [-0.39, 0.29) is 6.10 Å². The molecule has 1 aliphatic heterocycles. The normalized spacial score (nSPS) is 14.8. The maximum atomic E-state index is 9.68. The molecule has 0 bridgehead atoms. The van der Waals surface area contributed by atoms with Gasteiger partial charge in [0.05, 0.1) is 13.2 Å². The van der Waals surface area contributed by atoms with Crippen LogP contribution in [0.25, 0.3) is 17.0 Å². The number of fused-ring (bicyclic) bond motifs is 1. The Hall–Kier alpha value is -3.76. The number of hydrogen-bond donors (Lipinski definition) is 3. The Bertz CT molecular complexity index is 1300. The average molecular weight is 475 g/mol. The van der Waals surface area contributed by atoms with E-state index in [9.17, 15) is 5.11 Å². The first-order chi connectivity index (χ1) is 17.1. The van der Waals surface area contributed by atoms with Crippen molar-refractivity contribution in [2.24, 2.45) is 0 Å². The number of aromatic nitrogens is 5. The second-order valence-corrected chi connectivity index (χ2v) is 8.70. The van der Waals surface area contributed by atoms with Crippen LogP contribution in [0.1, 0.15) is 18.4 Å². The molecule has 0 amide bonds. The number of pyridine rings is 2. The zero-order valence-corrected chi connectivity index (χ0v) is 20.0. The van der Waals surface area contributed by atoms with Crippen molar-refractivity contribution in [3.05, 3.63) is 54.4 Å². The van der Waals surface area contributed by atoms with Crippen LogP contribution in [0.15, 0.2) is 48.8 Å². The van der Waals surface area contributed by atoms with E-state index in [4.69, 9.17) is 9.72 Å². The van der Waals surface area contributed by atoms with E-state index in [1.807, 2.05) is 48.0 Å². The quantitative estimate of drug-likeness (QED) is 0.354. The first kappa shape index (κ1) is 23.0. The summed E-state index contributed by atoms with van der Waals surface area (Å²) in [5, 5.41) is 21.2. The molecule has 4 aromatic heterocycles. The van der Waals surface area contributed by atoms with Crippen molar-refractivity contribution in [2.45, 2.75) is 25.9 Å². The minimum absolute atomic E-state index is 0.152. The number of ether oxygens (including phenoxy) is 1. The van der Waals surface area contributed by atoms with E-state index in [1.54, 1.807) is 19.4 Å². The third-order valence-corrected chi connectivity index (χ3v) is 6.19. The molecule has 5 rings (SSSR count). The summed E-state index contributed by atoms with van der Waals surface area (Å²) < 4.78 is 7.08. The smallest absolute Gasteiger partial charge is 0.213 e. The third-order valence-electron chi connectivity index (χ3n) is 6.19. The van der Waals surface area contributed by atoms with Gasteiger partial charge < -0.3 is 25.4 Å². The van der Waals surface area contributed by atoms with Crippen molar-refractivity contribution in [3.63, 3.8) is 0 Å². The van der Waals surface area contributed by atoms with Crippen LogP contribution in [0.4, 0.5) is 17.3 Å². The number of aliphatic hydroxyl groups is 1. The SMILES string of the molecule is COc1cccc(-c2nc(Nc3ccnc(NCCN4CCC(O)CC4)c3)c3c(C)ccn3n2)n1. The molecule has 10 nitrogen and oxygen atoms in total. The minimum Gasteiger partial charge on any atom is -0.481 e. The van der Waals surface area contributed by atoms with E-state index in [1.165, 1.54) is 0 Å². The molecule has 0 aliphatic carbocycles. The van der Waals surface area contributed by atoms with Gasteiger partial charge in [0.25, 0.3) is 0 Å². The highest BCUT2D eigenvalue weighted by molar-refractivity contribution is 5.78. The second kappa shape index (κ2) is 10.2. The summed E-state index contributed by atoms with van der Waals surface area (Å²) in [4.78, 5) is 16.1. The standard InChI is InChI=1S/C25H30N8O2/c1-17-7-14-33-23(17)25(30-24(31-33)20-4-3-5-22(29-20)35-2)28-18-6-10-26-21(16-18)27-11-15-32-12-8-19(34)9-13-32/h3-7,10,14,16,19,34H,8-9,11-13,15H2,1-2H3,(H2,26,27,28,30,31). The Labute approximate surface area is 204 Å². The lowest BCUT2D eigenvalue weighted by atomic mass is 10.1.